The summed E-state index contributed by atoms with van der Waals surface area (Å²) in [5.74, 6) is 0.000515. The van der Waals surface area contributed by atoms with Crippen LogP contribution in [0.15, 0.2) is 30.3 Å². The Kier molecular flexibility index (Phi) is 8.45. The third-order valence-electron chi connectivity index (χ3n) is 4.19. The van der Waals surface area contributed by atoms with Crippen molar-refractivity contribution in [1.82, 2.24) is 4.72 Å². The lowest BCUT2D eigenvalue weighted by Gasteiger charge is -2.31. The molecule has 0 aromatic heterocycles. The predicted octanol–water partition coefficient (Wildman–Crippen LogP) is 4.36. The van der Waals surface area contributed by atoms with E-state index in [9.17, 15) is 9.32 Å². The standard InChI is InChI=1S/C19H33NO2S/c1-6-7-9-14-17(21)15(2)18(16-12-10-8-11-13-16)20-23(22)19(3,4)5/h8,10-13,15,17-18,20-21H,6-7,9,14H2,1-5H3/t15-,17+,18-,23+/m1/s1. The van der Waals surface area contributed by atoms with E-state index in [0.29, 0.717) is 0 Å². The molecule has 3 nitrogen and oxygen atoms in total. The summed E-state index contributed by atoms with van der Waals surface area (Å²) in [6, 6.07) is 9.90. The Hall–Kier alpha value is -0.710. The number of hydrogen-bond acceptors (Lipinski definition) is 2. The molecule has 0 radical (unpaired) electrons. The van der Waals surface area contributed by atoms with Gasteiger partial charge in [-0.1, -0.05) is 63.4 Å². The van der Waals surface area contributed by atoms with Gasteiger partial charge in [-0.05, 0) is 32.8 Å². The van der Waals surface area contributed by atoms with Gasteiger partial charge in [-0.2, -0.15) is 0 Å². The zero-order chi connectivity index (χ0) is 17.5. The van der Waals surface area contributed by atoms with Crippen LogP contribution in [0.25, 0.3) is 0 Å². The normalized spacial score (nSPS) is 17.5. The van der Waals surface area contributed by atoms with Crippen LogP contribution in [0.5, 0.6) is 0 Å². The first-order valence-corrected chi connectivity index (χ1v) is 9.83. The number of rotatable bonds is 9. The molecule has 0 amide bonds. The zero-order valence-electron chi connectivity index (χ0n) is 15.2. The lowest BCUT2D eigenvalue weighted by molar-refractivity contribution is 0.0881. The molecule has 4 heteroatoms. The monoisotopic (exact) mass is 339 g/mol. The first-order chi connectivity index (χ1) is 10.8. The molecule has 0 saturated heterocycles. The molecule has 1 aromatic rings. The van der Waals surface area contributed by atoms with Gasteiger partial charge in [-0.15, -0.1) is 0 Å². The molecule has 0 fully saturated rings. The average Bonchev–Trinajstić information content (AvgIpc) is 2.51. The highest BCUT2D eigenvalue weighted by Crippen LogP contribution is 2.28. The van der Waals surface area contributed by atoms with Crippen LogP contribution in [0.3, 0.4) is 0 Å². The zero-order valence-corrected chi connectivity index (χ0v) is 16.0. The van der Waals surface area contributed by atoms with Crippen LogP contribution < -0.4 is 4.72 Å². The van der Waals surface area contributed by atoms with Gasteiger partial charge in [0.1, 0.15) is 0 Å². The van der Waals surface area contributed by atoms with Crippen molar-refractivity contribution < 1.29 is 9.32 Å². The summed E-state index contributed by atoms with van der Waals surface area (Å²) in [5, 5.41) is 10.6. The molecule has 0 aliphatic rings. The van der Waals surface area contributed by atoms with Crippen LogP contribution in [0.4, 0.5) is 0 Å². The van der Waals surface area contributed by atoms with Crippen LogP contribution in [-0.2, 0) is 11.0 Å². The van der Waals surface area contributed by atoms with E-state index in [0.717, 1.165) is 31.2 Å². The highest BCUT2D eigenvalue weighted by atomic mass is 32.2. The van der Waals surface area contributed by atoms with Crippen molar-refractivity contribution in [1.29, 1.82) is 0 Å². The van der Waals surface area contributed by atoms with E-state index in [2.05, 4.69) is 11.6 Å². The Balaban J connectivity index is 2.89. The van der Waals surface area contributed by atoms with Gasteiger partial charge < -0.3 is 5.11 Å². The van der Waals surface area contributed by atoms with Gasteiger partial charge in [0, 0.05) is 12.0 Å². The molecule has 132 valence electrons. The molecule has 0 spiro atoms. The summed E-state index contributed by atoms with van der Waals surface area (Å²) in [6.07, 6.45) is 3.72. The third-order valence-corrected chi connectivity index (χ3v) is 5.77. The molecule has 0 heterocycles. The molecule has 0 unspecified atom stereocenters. The predicted molar refractivity (Wildman–Crippen MR) is 99.5 cm³/mol. The molecule has 1 rings (SSSR count). The number of nitrogens with one attached hydrogen (secondary N) is 1. The van der Waals surface area contributed by atoms with E-state index < -0.39 is 17.1 Å². The molecule has 0 aliphatic heterocycles. The van der Waals surface area contributed by atoms with Gasteiger partial charge in [-0.3, -0.25) is 0 Å². The maximum Gasteiger partial charge on any atom is 0.0976 e. The number of hydrogen-bond donors (Lipinski definition) is 2. The topological polar surface area (TPSA) is 49.3 Å². The summed E-state index contributed by atoms with van der Waals surface area (Å²) in [6.45, 7) is 10.1. The van der Waals surface area contributed by atoms with E-state index in [1.54, 1.807) is 0 Å². The second-order valence-corrected chi connectivity index (χ2v) is 9.31. The second-order valence-electron chi connectivity index (χ2n) is 7.31. The number of benzene rings is 1. The Morgan fingerprint density at radius 2 is 1.78 bits per heavy atom. The smallest absolute Gasteiger partial charge is 0.0976 e. The molecular formula is C19H33NO2S. The summed E-state index contributed by atoms with van der Waals surface area (Å²) in [7, 11) is -1.17. The van der Waals surface area contributed by atoms with Gasteiger partial charge in [-0.25, -0.2) is 8.93 Å². The largest absolute Gasteiger partial charge is 0.393 e. The van der Waals surface area contributed by atoms with Crippen LogP contribution >= 0.6 is 0 Å². The summed E-state index contributed by atoms with van der Waals surface area (Å²) in [5.41, 5.74) is 1.08. The molecule has 1 aromatic carbocycles. The Morgan fingerprint density at radius 1 is 1.17 bits per heavy atom. The first-order valence-electron chi connectivity index (χ1n) is 8.68. The van der Waals surface area contributed by atoms with Crippen molar-refractivity contribution in [2.45, 2.75) is 77.2 Å². The van der Waals surface area contributed by atoms with Gasteiger partial charge >= 0.3 is 0 Å². The Bertz CT molecular complexity index is 470. The quantitative estimate of drug-likeness (QED) is 0.657. The second kappa shape index (κ2) is 9.55. The van der Waals surface area contributed by atoms with E-state index in [4.69, 9.17) is 0 Å². The highest BCUT2D eigenvalue weighted by Gasteiger charge is 2.30. The maximum atomic E-state index is 12.6. The summed E-state index contributed by atoms with van der Waals surface area (Å²) >= 11 is 0. The van der Waals surface area contributed by atoms with Crippen molar-refractivity contribution in [3.63, 3.8) is 0 Å². The fraction of sp³-hybridized carbons (Fsp3) is 0.684. The Morgan fingerprint density at radius 3 is 2.30 bits per heavy atom. The fourth-order valence-corrected chi connectivity index (χ4v) is 3.45. The van der Waals surface area contributed by atoms with Crippen molar-refractivity contribution in [3.8, 4) is 0 Å². The van der Waals surface area contributed by atoms with Crippen molar-refractivity contribution in [2.24, 2.45) is 5.92 Å². The lowest BCUT2D eigenvalue weighted by Crippen LogP contribution is -2.40. The maximum absolute atomic E-state index is 12.6. The molecule has 0 saturated carbocycles. The molecule has 0 aliphatic carbocycles. The van der Waals surface area contributed by atoms with Crippen molar-refractivity contribution >= 4 is 11.0 Å². The minimum atomic E-state index is -1.17. The van der Waals surface area contributed by atoms with Crippen molar-refractivity contribution in [2.75, 3.05) is 0 Å². The van der Waals surface area contributed by atoms with Crippen LogP contribution in [0.1, 0.15) is 71.9 Å². The van der Waals surface area contributed by atoms with Gasteiger partial charge in [0.25, 0.3) is 0 Å². The van der Waals surface area contributed by atoms with Gasteiger partial charge in [0.05, 0.1) is 21.8 Å². The lowest BCUT2D eigenvalue weighted by atomic mass is 9.88. The molecule has 4 atom stereocenters. The van der Waals surface area contributed by atoms with Crippen LogP contribution in [0.2, 0.25) is 0 Å². The number of aliphatic hydroxyl groups is 1. The number of aliphatic hydroxyl groups excluding tert-OH is 1. The minimum absolute atomic E-state index is 0.000515. The third kappa shape index (κ3) is 6.74. The SMILES string of the molecule is CCCCC[C@H](O)[C@@H](C)[C@@H](N[S@@](=O)C(C)(C)C)c1ccccc1. The van der Waals surface area contributed by atoms with Gasteiger partial charge in [0.15, 0.2) is 0 Å². The number of unbranched alkanes of at least 4 members (excludes halogenated alkanes) is 2. The van der Waals surface area contributed by atoms with E-state index in [-0.39, 0.29) is 16.7 Å². The Labute approximate surface area is 144 Å². The summed E-state index contributed by atoms with van der Waals surface area (Å²) < 4.78 is 15.5. The molecule has 23 heavy (non-hydrogen) atoms. The van der Waals surface area contributed by atoms with Crippen LogP contribution in [-0.4, -0.2) is 20.2 Å². The van der Waals surface area contributed by atoms with E-state index >= 15 is 0 Å². The molecular weight excluding hydrogens is 306 g/mol. The van der Waals surface area contributed by atoms with Crippen LogP contribution in [0, 0.1) is 5.92 Å². The fourth-order valence-electron chi connectivity index (χ4n) is 2.52. The minimum Gasteiger partial charge on any atom is -0.393 e. The highest BCUT2D eigenvalue weighted by molar-refractivity contribution is 7.84. The molecule has 0 bridgehead atoms. The van der Waals surface area contributed by atoms with E-state index in [1.807, 2.05) is 58.0 Å². The summed E-state index contributed by atoms with van der Waals surface area (Å²) in [4.78, 5) is 0. The van der Waals surface area contributed by atoms with E-state index in [1.165, 1.54) is 0 Å². The molecule has 2 N–H and O–H groups in total. The van der Waals surface area contributed by atoms with Gasteiger partial charge in [0.2, 0.25) is 0 Å². The van der Waals surface area contributed by atoms with Crippen molar-refractivity contribution in [3.05, 3.63) is 35.9 Å². The average molecular weight is 340 g/mol. The first kappa shape index (κ1) is 20.3.